The monoisotopic (exact) mass is 689 g/mol. The molecule has 2 aromatic carbocycles. The lowest BCUT2D eigenvalue weighted by Crippen LogP contribution is -2.21. The molecule has 264 valence electrons. The van der Waals surface area contributed by atoms with E-state index in [1.807, 2.05) is 39.0 Å². The number of rotatable bonds is 13. The number of nitrogens with one attached hydrogen (secondary N) is 2. The highest BCUT2D eigenvalue weighted by atomic mass is 16.5. The highest BCUT2D eigenvalue weighted by Gasteiger charge is 2.16. The molecule has 0 atom stereocenters. The molecule has 4 aromatic heterocycles. The molecule has 0 aliphatic heterocycles. The normalized spacial score (nSPS) is 11.1. The van der Waals surface area contributed by atoms with Gasteiger partial charge in [0.1, 0.15) is 28.9 Å². The van der Waals surface area contributed by atoms with Gasteiger partial charge in [0.05, 0.1) is 44.2 Å². The summed E-state index contributed by atoms with van der Waals surface area (Å²) < 4.78 is 16.5. The molecular weight excluding hydrogens is 646 g/mol. The topological polar surface area (TPSA) is 184 Å². The Bertz CT molecular complexity index is 2200. The number of ether oxygens (including phenoxy) is 3. The molecular formula is C37H43N11O3. The fraction of sp³-hybridized carbons (Fsp3) is 0.297. The molecule has 0 amide bonds. The fourth-order valence-electron chi connectivity index (χ4n) is 6.13. The van der Waals surface area contributed by atoms with Gasteiger partial charge in [-0.25, -0.2) is 9.97 Å². The third-order valence-electron chi connectivity index (χ3n) is 8.71. The van der Waals surface area contributed by atoms with E-state index < -0.39 is 0 Å². The van der Waals surface area contributed by atoms with E-state index in [9.17, 15) is 0 Å². The summed E-state index contributed by atoms with van der Waals surface area (Å²) in [5, 5.41) is 8.08. The van der Waals surface area contributed by atoms with Crippen LogP contribution in [0.15, 0.2) is 48.5 Å². The molecule has 6 aromatic rings. The van der Waals surface area contributed by atoms with E-state index in [1.54, 1.807) is 33.5 Å². The molecule has 0 fully saturated rings. The Morgan fingerprint density at radius 2 is 1.29 bits per heavy atom. The molecule has 0 saturated heterocycles. The van der Waals surface area contributed by atoms with E-state index in [1.165, 1.54) is 0 Å². The summed E-state index contributed by atoms with van der Waals surface area (Å²) in [6, 6.07) is 15.9. The van der Waals surface area contributed by atoms with E-state index in [-0.39, 0.29) is 0 Å². The number of aromatic nitrogens is 6. The summed E-state index contributed by atoms with van der Waals surface area (Å²) in [6.07, 6.45) is 0.693. The average molecular weight is 690 g/mol. The van der Waals surface area contributed by atoms with Crippen LogP contribution in [0.2, 0.25) is 0 Å². The third-order valence-corrected chi connectivity index (χ3v) is 8.71. The van der Waals surface area contributed by atoms with Crippen molar-refractivity contribution in [3.8, 4) is 17.2 Å². The minimum atomic E-state index is 0.333. The predicted molar refractivity (Wildman–Crippen MR) is 202 cm³/mol. The minimum absolute atomic E-state index is 0.333. The molecule has 0 unspecified atom stereocenters. The number of aryl methyl sites for hydroxylation is 3. The second-order valence-electron chi connectivity index (χ2n) is 12.3. The van der Waals surface area contributed by atoms with Crippen LogP contribution in [-0.2, 0) is 19.5 Å². The summed E-state index contributed by atoms with van der Waals surface area (Å²) in [7, 11) is 6.85. The van der Waals surface area contributed by atoms with Crippen molar-refractivity contribution in [3.05, 3.63) is 82.2 Å². The molecule has 14 nitrogen and oxygen atoms in total. The maximum atomic E-state index is 6.42. The molecule has 0 radical (unpaired) electrons. The van der Waals surface area contributed by atoms with E-state index in [0.29, 0.717) is 71.6 Å². The lowest BCUT2D eigenvalue weighted by atomic mass is 10.1. The molecule has 0 saturated carbocycles. The van der Waals surface area contributed by atoms with E-state index in [2.05, 4.69) is 60.7 Å². The first kappa shape index (κ1) is 34.7. The van der Waals surface area contributed by atoms with E-state index in [0.717, 1.165) is 56.6 Å². The SMILES string of the molecule is COc1cc(OC)c(CNc2nc(N)c3c(C)cc(CCN(C)c4cccc(CNc5nc(N)c6c(C)cc(C)nc6n5)c4)nc3n2)c(OC)c1. The summed E-state index contributed by atoms with van der Waals surface area (Å²) in [6.45, 7) is 7.52. The molecule has 6 N–H and O–H groups in total. The Labute approximate surface area is 296 Å². The number of nitrogens with zero attached hydrogens (tertiary/aromatic N) is 7. The number of likely N-dealkylation sites (N-methyl/N-ethyl adjacent to an activating group) is 1. The largest absolute Gasteiger partial charge is 0.496 e. The number of hydrogen-bond acceptors (Lipinski definition) is 14. The first-order chi connectivity index (χ1) is 24.6. The van der Waals surface area contributed by atoms with Gasteiger partial charge in [0, 0.05) is 55.8 Å². The number of pyridine rings is 2. The molecule has 6 rings (SSSR count). The zero-order valence-corrected chi connectivity index (χ0v) is 30.0. The van der Waals surface area contributed by atoms with Crippen molar-refractivity contribution in [1.82, 2.24) is 29.9 Å². The van der Waals surface area contributed by atoms with Gasteiger partial charge < -0.3 is 41.2 Å². The first-order valence-electron chi connectivity index (χ1n) is 16.5. The first-order valence-corrected chi connectivity index (χ1v) is 16.5. The van der Waals surface area contributed by atoms with Crippen LogP contribution in [-0.4, -0.2) is 64.8 Å². The predicted octanol–water partition coefficient (Wildman–Crippen LogP) is 5.38. The lowest BCUT2D eigenvalue weighted by molar-refractivity contribution is 0.369. The third kappa shape index (κ3) is 7.54. The number of nitrogens with two attached hydrogens (primary N) is 2. The van der Waals surface area contributed by atoms with Gasteiger partial charge >= 0.3 is 0 Å². The van der Waals surface area contributed by atoms with Crippen molar-refractivity contribution < 1.29 is 14.2 Å². The van der Waals surface area contributed by atoms with E-state index in [4.69, 9.17) is 35.6 Å². The molecule has 51 heavy (non-hydrogen) atoms. The van der Waals surface area contributed by atoms with Crippen LogP contribution in [0.3, 0.4) is 0 Å². The van der Waals surface area contributed by atoms with Gasteiger partial charge in [0.25, 0.3) is 0 Å². The standard InChI is InChI=1S/C37H43N11O3/c1-20-13-22(3)42-34-30(20)32(38)44-36(46-34)40-18-23-9-8-10-25(15-23)48(4)12-11-24-14-21(2)31-33(39)45-37(47-35(31)43-24)41-19-27-28(50-6)16-26(49-5)17-29(27)51-7/h8-10,13-17H,11-12,18-19H2,1-7H3,(H3,38,40,42,44,46)(H3,39,41,43,45,47). The number of hydrogen-bond donors (Lipinski definition) is 4. The smallest absolute Gasteiger partial charge is 0.227 e. The Morgan fingerprint density at radius 1 is 0.686 bits per heavy atom. The molecule has 0 spiro atoms. The molecule has 14 heteroatoms. The van der Waals surface area contributed by atoms with E-state index >= 15 is 0 Å². The van der Waals surface area contributed by atoms with Crippen molar-refractivity contribution in [2.24, 2.45) is 0 Å². The number of fused-ring (bicyclic) bond motifs is 2. The zero-order valence-electron chi connectivity index (χ0n) is 30.0. The molecule has 4 heterocycles. The highest BCUT2D eigenvalue weighted by molar-refractivity contribution is 5.90. The number of benzene rings is 2. The van der Waals surface area contributed by atoms with Crippen molar-refractivity contribution >= 4 is 51.3 Å². The van der Waals surface area contributed by atoms with Gasteiger partial charge in [-0.15, -0.1) is 0 Å². The van der Waals surface area contributed by atoms with Gasteiger partial charge in [-0.2, -0.15) is 19.9 Å². The Hall–Kier alpha value is -6.18. The summed E-state index contributed by atoms with van der Waals surface area (Å²) in [4.78, 5) is 30.0. The average Bonchev–Trinajstić information content (AvgIpc) is 3.11. The van der Waals surface area contributed by atoms with Gasteiger partial charge in [-0.1, -0.05) is 12.1 Å². The van der Waals surface area contributed by atoms with Crippen molar-refractivity contribution in [2.45, 2.75) is 40.3 Å². The zero-order chi connectivity index (χ0) is 36.2. The number of methoxy groups -OCH3 is 3. The minimum Gasteiger partial charge on any atom is -0.496 e. The van der Waals surface area contributed by atoms with Crippen molar-refractivity contribution in [1.29, 1.82) is 0 Å². The quantitative estimate of drug-likeness (QED) is 0.121. The maximum Gasteiger partial charge on any atom is 0.227 e. The Balaban J connectivity index is 1.13. The van der Waals surface area contributed by atoms with Crippen molar-refractivity contribution in [2.75, 3.05) is 61.9 Å². The van der Waals surface area contributed by atoms with Crippen LogP contribution in [0, 0.1) is 20.8 Å². The fourth-order valence-corrected chi connectivity index (χ4v) is 6.13. The Kier molecular flexibility index (Phi) is 10.0. The van der Waals surface area contributed by atoms with Crippen LogP contribution in [0.1, 0.15) is 33.6 Å². The van der Waals surface area contributed by atoms with Crippen LogP contribution in [0.25, 0.3) is 22.1 Å². The van der Waals surface area contributed by atoms with Gasteiger partial charge in [0.2, 0.25) is 11.9 Å². The maximum absolute atomic E-state index is 6.42. The molecule has 0 aliphatic carbocycles. The van der Waals surface area contributed by atoms with Gasteiger partial charge in [-0.05, 0) is 61.7 Å². The summed E-state index contributed by atoms with van der Waals surface area (Å²) >= 11 is 0. The number of anilines is 5. The van der Waals surface area contributed by atoms with Crippen LogP contribution >= 0.6 is 0 Å². The molecule has 0 aliphatic rings. The summed E-state index contributed by atoms with van der Waals surface area (Å²) in [5.41, 5.74) is 20.5. The van der Waals surface area contributed by atoms with Gasteiger partial charge in [-0.3, -0.25) is 0 Å². The van der Waals surface area contributed by atoms with Crippen LogP contribution < -0.4 is 41.2 Å². The molecule has 0 bridgehead atoms. The van der Waals surface area contributed by atoms with Crippen LogP contribution in [0.4, 0.5) is 29.2 Å². The highest BCUT2D eigenvalue weighted by Crippen LogP contribution is 2.35. The van der Waals surface area contributed by atoms with Crippen LogP contribution in [0.5, 0.6) is 17.2 Å². The van der Waals surface area contributed by atoms with Crippen molar-refractivity contribution in [3.63, 3.8) is 0 Å². The number of nitrogen functional groups attached to an aromatic ring is 2. The lowest BCUT2D eigenvalue weighted by Gasteiger charge is -2.20. The Morgan fingerprint density at radius 3 is 1.92 bits per heavy atom. The second-order valence-corrected chi connectivity index (χ2v) is 12.3. The summed E-state index contributed by atoms with van der Waals surface area (Å²) in [5.74, 6) is 3.41. The van der Waals surface area contributed by atoms with Gasteiger partial charge in [0.15, 0.2) is 11.3 Å². The second kappa shape index (κ2) is 14.7.